The van der Waals surface area contributed by atoms with Crippen molar-refractivity contribution in [2.24, 2.45) is 0 Å². The van der Waals surface area contributed by atoms with Gasteiger partial charge in [0.15, 0.2) is 0 Å². The summed E-state index contributed by atoms with van der Waals surface area (Å²) in [5, 5.41) is 13.9. The molecule has 4 heteroatoms. The van der Waals surface area contributed by atoms with Crippen LogP contribution in [0.25, 0.3) is 0 Å². The summed E-state index contributed by atoms with van der Waals surface area (Å²) in [6.07, 6.45) is 0.790. The van der Waals surface area contributed by atoms with E-state index >= 15 is 0 Å². The Bertz CT molecular complexity index is 545. The van der Waals surface area contributed by atoms with Crippen molar-refractivity contribution in [3.05, 3.63) is 69.7 Å². The fourth-order valence-corrected chi connectivity index (χ4v) is 2.33. The highest BCUT2D eigenvalue weighted by atomic mass is 35.5. The monoisotopic (exact) mass is 309 g/mol. The van der Waals surface area contributed by atoms with E-state index in [0.717, 1.165) is 12.0 Å². The Kier molecular flexibility index (Phi) is 5.86. The van der Waals surface area contributed by atoms with Gasteiger partial charge in [-0.05, 0) is 29.7 Å². The lowest BCUT2D eigenvalue weighted by Gasteiger charge is -2.16. The van der Waals surface area contributed by atoms with Crippen LogP contribution in [0.1, 0.15) is 11.1 Å². The van der Waals surface area contributed by atoms with E-state index in [1.165, 1.54) is 5.56 Å². The van der Waals surface area contributed by atoms with Crippen molar-refractivity contribution in [3.63, 3.8) is 0 Å². The van der Waals surface area contributed by atoms with Crippen molar-refractivity contribution in [1.29, 1.82) is 0 Å². The number of benzene rings is 2. The standard InChI is InChI=1S/C16H17Cl2NO/c17-15-7-6-13(9-16(15)18)10-19-14(11-20)8-12-4-2-1-3-5-12/h1-7,9,14,19-20H,8,10-11H2/t14-/m1/s1. The summed E-state index contributed by atoms with van der Waals surface area (Å²) in [5.41, 5.74) is 2.25. The summed E-state index contributed by atoms with van der Waals surface area (Å²) in [4.78, 5) is 0. The second-order valence-corrected chi connectivity index (χ2v) is 5.51. The van der Waals surface area contributed by atoms with Gasteiger partial charge < -0.3 is 10.4 Å². The molecule has 0 radical (unpaired) electrons. The number of halogens is 2. The largest absolute Gasteiger partial charge is 0.395 e. The molecule has 0 aliphatic carbocycles. The van der Waals surface area contributed by atoms with Crippen LogP contribution >= 0.6 is 23.2 Å². The zero-order valence-electron chi connectivity index (χ0n) is 11.0. The van der Waals surface area contributed by atoms with Crippen LogP contribution in [0.15, 0.2) is 48.5 Å². The first-order valence-electron chi connectivity index (χ1n) is 6.51. The van der Waals surface area contributed by atoms with Gasteiger partial charge in [-0.25, -0.2) is 0 Å². The van der Waals surface area contributed by atoms with Crippen molar-refractivity contribution in [1.82, 2.24) is 5.32 Å². The number of aliphatic hydroxyl groups is 1. The van der Waals surface area contributed by atoms with Crippen LogP contribution in [0.3, 0.4) is 0 Å². The number of hydrogen-bond donors (Lipinski definition) is 2. The number of rotatable bonds is 6. The molecule has 0 aliphatic heterocycles. The van der Waals surface area contributed by atoms with Gasteiger partial charge in [0.05, 0.1) is 16.7 Å². The van der Waals surface area contributed by atoms with Gasteiger partial charge in [0.25, 0.3) is 0 Å². The average molecular weight is 310 g/mol. The number of nitrogens with one attached hydrogen (secondary N) is 1. The molecule has 1 atom stereocenters. The third-order valence-corrected chi connectivity index (χ3v) is 3.86. The second-order valence-electron chi connectivity index (χ2n) is 4.70. The van der Waals surface area contributed by atoms with E-state index in [9.17, 15) is 5.11 Å². The minimum Gasteiger partial charge on any atom is -0.395 e. The molecule has 0 saturated carbocycles. The van der Waals surface area contributed by atoms with Crippen molar-refractivity contribution in [2.75, 3.05) is 6.61 Å². The van der Waals surface area contributed by atoms with Gasteiger partial charge in [-0.1, -0.05) is 59.6 Å². The first kappa shape index (κ1) is 15.3. The second kappa shape index (κ2) is 7.65. The fourth-order valence-electron chi connectivity index (χ4n) is 2.01. The molecule has 2 aromatic rings. The van der Waals surface area contributed by atoms with Crippen LogP contribution in [0.5, 0.6) is 0 Å². The lowest BCUT2D eigenvalue weighted by Crippen LogP contribution is -2.34. The normalized spacial score (nSPS) is 12.3. The molecule has 0 saturated heterocycles. The highest BCUT2D eigenvalue weighted by molar-refractivity contribution is 6.42. The third-order valence-electron chi connectivity index (χ3n) is 3.12. The molecule has 0 amide bonds. The molecule has 2 aromatic carbocycles. The maximum Gasteiger partial charge on any atom is 0.0595 e. The van der Waals surface area contributed by atoms with E-state index in [0.29, 0.717) is 16.6 Å². The van der Waals surface area contributed by atoms with Gasteiger partial charge in [-0.15, -0.1) is 0 Å². The average Bonchev–Trinajstić information content (AvgIpc) is 2.48. The number of aliphatic hydroxyl groups excluding tert-OH is 1. The fraction of sp³-hybridized carbons (Fsp3) is 0.250. The van der Waals surface area contributed by atoms with Crippen molar-refractivity contribution >= 4 is 23.2 Å². The lowest BCUT2D eigenvalue weighted by atomic mass is 10.1. The van der Waals surface area contributed by atoms with E-state index in [4.69, 9.17) is 23.2 Å². The SMILES string of the molecule is OC[C@@H](Cc1ccccc1)NCc1ccc(Cl)c(Cl)c1. The van der Waals surface area contributed by atoms with Crippen LogP contribution in [0.2, 0.25) is 10.0 Å². The molecule has 106 valence electrons. The zero-order chi connectivity index (χ0) is 14.4. The summed E-state index contributed by atoms with van der Waals surface area (Å²) in [5.74, 6) is 0. The van der Waals surface area contributed by atoms with E-state index in [2.05, 4.69) is 17.4 Å². The maximum absolute atomic E-state index is 9.45. The maximum atomic E-state index is 9.45. The first-order valence-corrected chi connectivity index (χ1v) is 7.26. The van der Waals surface area contributed by atoms with Crippen LogP contribution in [0.4, 0.5) is 0 Å². The van der Waals surface area contributed by atoms with E-state index in [-0.39, 0.29) is 12.6 Å². The van der Waals surface area contributed by atoms with Gasteiger partial charge in [0.1, 0.15) is 0 Å². The minimum absolute atomic E-state index is 0.0202. The smallest absolute Gasteiger partial charge is 0.0595 e. The summed E-state index contributed by atoms with van der Waals surface area (Å²) in [6.45, 7) is 0.741. The molecule has 0 aromatic heterocycles. The van der Waals surface area contributed by atoms with Gasteiger partial charge in [-0.2, -0.15) is 0 Å². The summed E-state index contributed by atoms with van der Waals surface area (Å²) in [6, 6.07) is 15.7. The first-order chi connectivity index (χ1) is 9.69. The molecule has 2 rings (SSSR count). The predicted molar refractivity (Wildman–Crippen MR) is 84.3 cm³/mol. The highest BCUT2D eigenvalue weighted by Crippen LogP contribution is 2.22. The molecule has 0 fully saturated rings. The third kappa shape index (κ3) is 4.50. The van der Waals surface area contributed by atoms with Crippen LogP contribution < -0.4 is 5.32 Å². The molecule has 2 N–H and O–H groups in total. The van der Waals surface area contributed by atoms with Gasteiger partial charge in [0.2, 0.25) is 0 Å². The molecule has 0 spiro atoms. The topological polar surface area (TPSA) is 32.3 Å². The zero-order valence-corrected chi connectivity index (χ0v) is 12.5. The Labute approximate surface area is 129 Å². The molecule has 0 unspecified atom stereocenters. The van der Waals surface area contributed by atoms with Gasteiger partial charge >= 0.3 is 0 Å². The minimum atomic E-state index is 0.0202. The molecule has 20 heavy (non-hydrogen) atoms. The van der Waals surface area contributed by atoms with Gasteiger partial charge in [-0.3, -0.25) is 0 Å². The summed E-state index contributed by atoms with van der Waals surface area (Å²) < 4.78 is 0. The van der Waals surface area contributed by atoms with Gasteiger partial charge in [0, 0.05) is 12.6 Å². The van der Waals surface area contributed by atoms with Crippen LogP contribution in [-0.2, 0) is 13.0 Å². The molecular formula is C16H17Cl2NO. The van der Waals surface area contributed by atoms with Crippen molar-refractivity contribution < 1.29 is 5.11 Å². The van der Waals surface area contributed by atoms with Crippen LogP contribution in [-0.4, -0.2) is 17.8 Å². The van der Waals surface area contributed by atoms with Crippen molar-refractivity contribution in [2.45, 2.75) is 19.0 Å². The lowest BCUT2D eigenvalue weighted by molar-refractivity contribution is 0.241. The quantitative estimate of drug-likeness (QED) is 0.853. The Morgan fingerprint density at radius 2 is 1.70 bits per heavy atom. The number of hydrogen-bond acceptors (Lipinski definition) is 2. The molecule has 0 aliphatic rings. The van der Waals surface area contributed by atoms with E-state index in [1.54, 1.807) is 6.07 Å². The van der Waals surface area contributed by atoms with E-state index < -0.39 is 0 Å². The Morgan fingerprint density at radius 3 is 2.35 bits per heavy atom. The Morgan fingerprint density at radius 1 is 0.950 bits per heavy atom. The molecule has 0 bridgehead atoms. The van der Waals surface area contributed by atoms with Crippen molar-refractivity contribution in [3.8, 4) is 0 Å². The summed E-state index contributed by atoms with van der Waals surface area (Å²) >= 11 is 11.9. The van der Waals surface area contributed by atoms with E-state index in [1.807, 2.05) is 30.3 Å². The Balaban J connectivity index is 1.92. The summed E-state index contributed by atoms with van der Waals surface area (Å²) in [7, 11) is 0. The van der Waals surface area contributed by atoms with Crippen LogP contribution in [0, 0.1) is 0 Å². The highest BCUT2D eigenvalue weighted by Gasteiger charge is 2.08. The molecular weight excluding hydrogens is 293 g/mol. The predicted octanol–water partition coefficient (Wildman–Crippen LogP) is 3.69. The Hall–Kier alpha value is -1.06. The molecule has 0 heterocycles. The molecule has 2 nitrogen and oxygen atoms in total.